The second-order valence-electron chi connectivity index (χ2n) is 2.08. The molecule has 0 atom stereocenters. The smallest absolute Gasteiger partial charge is 0.0825 e. The number of methoxy groups -OCH3 is 1. The van der Waals surface area contributed by atoms with Gasteiger partial charge in [0, 0.05) is 26.9 Å². The molecule has 0 bridgehead atoms. The van der Waals surface area contributed by atoms with Gasteiger partial charge in [0.25, 0.3) is 0 Å². The van der Waals surface area contributed by atoms with Gasteiger partial charge in [-0.25, -0.2) is 0 Å². The van der Waals surface area contributed by atoms with Crippen molar-refractivity contribution in [3.8, 4) is 0 Å². The molecule has 0 aliphatic carbocycles. The molecule has 0 saturated carbocycles. The standard InChI is InChI=1S/C5H12N2O/c1-8-5-2-7(3-5)4-6/h5H,2-4,6H2,1H3. The molecule has 0 radical (unpaired) electrons. The SMILES string of the molecule is COC1CN(CN)C1. The molecule has 1 rings (SSSR count). The molecule has 8 heavy (non-hydrogen) atoms. The fourth-order valence-electron chi connectivity index (χ4n) is 0.821. The highest BCUT2D eigenvalue weighted by atomic mass is 16.5. The van der Waals surface area contributed by atoms with E-state index in [-0.39, 0.29) is 0 Å². The average Bonchev–Trinajstić information content (AvgIpc) is 1.65. The molecule has 0 aromatic carbocycles. The van der Waals surface area contributed by atoms with Crippen LogP contribution in [0.15, 0.2) is 0 Å². The number of rotatable bonds is 2. The Kier molecular flexibility index (Phi) is 1.83. The third kappa shape index (κ3) is 0.992. The lowest BCUT2D eigenvalue weighted by Gasteiger charge is -2.36. The monoisotopic (exact) mass is 116 g/mol. The lowest BCUT2D eigenvalue weighted by Crippen LogP contribution is -2.53. The van der Waals surface area contributed by atoms with E-state index in [9.17, 15) is 0 Å². The van der Waals surface area contributed by atoms with Crippen molar-refractivity contribution in [1.82, 2.24) is 4.90 Å². The zero-order chi connectivity index (χ0) is 5.98. The van der Waals surface area contributed by atoms with Gasteiger partial charge < -0.3 is 10.5 Å². The van der Waals surface area contributed by atoms with Crippen molar-refractivity contribution < 1.29 is 4.74 Å². The Balaban J connectivity index is 2.03. The maximum absolute atomic E-state index is 5.32. The van der Waals surface area contributed by atoms with Crippen LogP contribution in [0.3, 0.4) is 0 Å². The van der Waals surface area contributed by atoms with Crippen LogP contribution in [0.1, 0.15) is 0 Å². The molecule has 2 N–H and O–H groups in total. The van der Waals surface area contributed by atoms with Gasteiger partial charge in [-0.05, 0) is 0 Å². The first-order valence-electron chi connectivity index (χ1n) is 2.82. The number of hydrogen-bond acceptors (Lipinski definition) is 3. The van der Waals surface area contributed by atoms with Gasteiger partial charge in [0.05, 0.1) is 6.10 Å². The van der Waals surface area contributed by atoms with Crippen molar-refractivity contribution in [3.05, 3.63) is 0 Å². The molecule has 3 nitrogen and oxygen atoms in total. The molecular weight excluding hydrogens is 104 g/mol. The summed E-state index contributed by atoms with van der Waals surface area (Å²) in [5.41, 5.74) is 5.32. The molecule has 1 saturated heterocycles. The number of nitrogens with two attached hydrogens (primary N) is 1. The molecule has 0 aromatic rings. The molecule has 48 valence electrons. The van der Waals surface area contributed by atoms with E-state index in [0.717, 1.165) is 13.1 Å². The largest absolute Gasteiger partial charge is 0.379 e. The van der Waals surface area contributed by atoms with Crippen LogP contribution in [-0.2, 0) is 4.74 Å². The third-order valence-corrected chi connectivity index (χ3v) is 1.52. The van der Waals surface area contributed by atoms with E-state index in [2.05, 4.69) is 4.90 Å². The zero-order valence-corrected chi connectivity index (χ0v) is 5.13. The van der Waals surface area contributed by atoms with Crippen LogP contribution in [0.25, 0.3) is 0 Å². The first kappa shape index (κ1) is 6.01. The zero-order valence-electron chi connectivity index (χ0n) is 5.13. The van der Waals surface area contributed by atoms with Gasteiger partial charge in [0.15, 0.2) is 0 Å². The quantitative estimate of drug-likeness (QED) is 0.515. The number of nitrogens with zero attached hydrogens (tertiary/aromatic N) is 1. The summed E-state index contributed by atoms with van der Waals surface area (Å²) in [4.78, 5) is 2.13. The first-order chi connectivity index (χ1) is 3.86. The molecule has 1 aliphatic rings. The average molecular weight is 116 g/mol. The third-order valence-electron chi connectivity index (χ3n) is 1.52. The van der Waals surface area contributed by atoms with Crippen LogP contribution in [-0.4, -0.2) is 37.9 Å². The van der Waals surface area contributed by atoms with E-state index >= 15 is 0 Å². The Morgan fingerprint density at radius 2 is 2.38 bits per heavy atom. The molecule has 0 amide bonds. The molecule has 1 aliphatic heterocycles. The summed E-state index contributed by atoms with van der Waals surface area (Å²) in [5.74, 6) is 0. The summed E-state index contributed by atoms with van der Waals surface area (Å²) >= 11 is 0. The Morgan fingerprint density at radius 3 is 2.75 bits per heavy atom. The lowest BCUT2D eigenvalue weighted by atomic mass is 10.2. The summed E-state index contributed by atoms with van der Waals surface area (Å²) in [6.07, 6.45) is 0.443. The highest BCUT2D eigenvalue weighted by Crippen LogP contribution is 2.07. The highest BCUT2D eigenvalue weighted by Gasteiger charge is 2.24. The van der Waals surface area contributed by atoms with Crippen LogP contribution in [0.2, 0.25) is 0 Å². The predicted molar refractivity (Wildman–Crippen MR) is 31.4 cm³/mol. The minimum absolute atomic E-state index is 0.443. The normalized spacial score (nSPS) is 23.2. The van der Waals surface area contributed by atoms with Gasteiger partial charge >= 0.3 is 0 Å². The van der Waals surface area contributed by atoms with Crippen molar-refractivity contribution in [2.24, 2.45) is 5.73 Å². The highest BCUT2D eigenvalue weighted by molar-refractivity contribution is 4.78. The van der Waals surface area contributed by atoms with Crippen molar-refractivity contribution >= 4 is 0 Å². The minimum Gasteiger partial charge on any atom is -0.379 e. The van der Waals surface area contributed by atoms with Gasteiger partial charge in [-0.2, -0.15) is 0 Å². The van der Waals surface area contributed by atoms with Gasteiger partial charge in [-0.15, -0.1) is 0 Å². The van der Waals surface area contributed by atoms with Gasteiger partial charge in [0.1, 0.15) is 0 Å². The van der Waals surface area contributed by atoms with Crippen LogP contribution in [0, 0.1) is 0 Å². The van der Waals surface area contributed by atoms with Gasteiger partial charge in [0.2, 0.25) is 0 Å². The maximum atomic E-state index is 5.32. The Labute approximate surface area is 49.4 Å². The second kappa shape index (κ2) is 2.44. The molecule has 3 heteroatoms. The van der Waals surface area contributed by atoms with Crippen molar-refractivity contribution in [1.29, 1.82) is 0 Å². The van der Waals surface area contributed by atoms with E-state index in [0.29, 0.717) is 12.8 Å². The van der Waals surface area contributed by atoms with Crippen LogP contribution >= 0.6 is 0 Å². The van der Waals surface area contributed by atoms with Crippen LogP contribution in [0.4, 0.5) is 0 Å². The van der Waals surface area contributed by atoms with Gasteiger partial charge in [-0.1, -0.05) is 0 Å². The lowest BCUT2D eigenvalue weighted by molar-refractivity contribution is -0.0278. The maximum Gasteiger partial charge on any atom is 0.0825 e. The van der Waals surface area contributed by atoms with E-state index in [1.165, 1.54) is 0 Å². The molecule has 0 unspecified atom stereocenters. The number of likely N-dealkylation sites (tertiary alicyclic amines) is 1. The van der Waals surface area contributed by atoms with Crippen molar-refractivity contribution in [3.63, 3.8) is 0 Å². The number of hydrogen-bond donors (Lipinski definition) is 1. The molecule has 0 aromatic heterocycles. The van der Waals surface area contributed by atoms with Crippen molar-refractivity contribution in [2.45, 2.75) is 6.10 Å². The van der Waals surface area contributed by atoms with Crippen molar-refractivity contribution in [2.75, 3.05) is 26.9 Å². The Morgan fingerprint density at radius 1 is 1.75 bits per heavy atom. The predicted octanol–water partition coefficient (Wildman–Crippen LogP) is -0.767. The summed E-state index contributed by atoms with van der Waals surface area (Å²) < 4.78 is 5.02. The van der Waals surface area contributed by atoms with E-state index in [1.54, 1.807) is 7.11 Å². The molecule has 1 fully saturated rings. The van der Waals surface area contributed by atoms with E-state index < -0.39 is 0 Å². The fraction of sp³-hybridized carbons (Fsp3) is 1.00. The van der Waals surface area contributed by atoms with E-state index in [1.807, 2.05) is 0 Å². The summed E-state index contributed by atoms with van der Waals surface area (Å²) in [6, 6.07) is 0. The van der Waals surface area contributed by atoms with Crippen LogP contribution < -0.4 is 5.73 Å². The minimum atomic E-state index is 0.443. The summed E-state index contributed by atoms with van der Waals surface area (Å²) in [7, 11) is 1.73. The second-order valence-corrected chi connectivity index (χ2v) is 2.08. The number of ether oxygens (including phenoxy) is 1. The van der Waals surface area contributed by atoms with Crippen LogP contribution in [0.5, 0.6) is 0 Å². The molecule has 0 spiro atoms. The molecular formula is C5H12N2O. The van der Waals surface area contributed by atoms with E-state index in [4.69, 9.17) is 10.5 Å². The summed E-state index contributed by atoms with van der Waals surface area (Å²) in [6.45, 7) is 2.68. The Hall–Kier alpha value is -0.120. The first-order valence-corrected chi connectivity index (χ1v) is 2.82. The molecule has 1 heterocycles. The van der Waals surface area contributed by atoms with Gasteiger partial charge in [-0.3, -0.25) is 4.90 Å². The fourth-order valence-corrected chi connectivity index (χ4v) is 0.821. The summed E-state index contributed by atoms with van der Waals surface area (Å²) in [5, 5.41) is 0. The topological polar surface area (TPSA) is 38.5 Å². The Bertz CT molecular complexity index is 62.8.